The molecule has 0 saturated heterocycles. The highest BCUT2D eigenvalue weighted by Crippen LogP contribution is 2.32. The number of phenols is 1. The van der Waals surface area contributed by atoms with Crippen molar-refractivity contribution in [1.82, 2.24) is 0 Å². The predicted molar refractivity (Wildman–Crippen MR) is 110 cm³/mol. The summed E-state index contributed by atoms with van der Waals surface area (Å²) >= 11 is 6.43. The zero-order valence-corrected chi connectivity index (χ0v) is 17.1. The molecule has 0 aliphatic carbocycles. The van der Waals surface area contributed by atoms with E-state index in [9.17, 15) is 5.11 Å². The van der Waals surface area contributed by atoms with E-state index in [0.29, 0.717) is 13.2 Å². The molecule has 0 amide bonds. The zero-order valence-electron chi connectivity index (χ0n) is 14.0. The normalized spacial score (nSPS) is 10.0. The van der Waals surface area contributed by atoms with Gasteiger partial charge >= 0.3 is 0 Å². The van der Waals surface area contributed by atoms with E-state index in [2.05, 4.69) is 56.1 Å². The third kappa shape index (κ3) is 7.02. The SMILES string of the molecule is Cc1cc(Br)c(O)c(Br)c1.c1ccc(COCc2ccccc2)cc1. The molecule has 0 atom stereocenters. The lowest BCUT2D eigenvalue weighted by molar-refractivity contribution is 0.107. The average Bonchev–Trinajstić information content (AvgIpc) is 2.62. The molecule has 0 radical (unpaired) electrons. The van der Waals surface area contributed by atoms with Gasteiger partial charge in [-0.25, -0.2) is 0 Å². The highest BCUT2D eigenvalue weighted by atomic mass is 79.9. The number of aryl methyl sites for hydroxylation is 1. The van der Waals surface area contributed by atoms with E-state index in [1.165, 1.54) is 11.1 Å². The van der Waals surface area contributed by atoms with Crippen LogP contribution in [0.4, 0.5) is 0 Å². The largest absolute Gasteiger partial charge is 0.506 e. The molecule has 25 heavy (non-hydrogen) atoms. The average molecular weight is 464 g/mol. The topological polar surface area (TPSA) is 29.5 Å². The molecular weight excluding hydrogens is 444 g/mol. The Morgan fingerprint density at radius 1 is 0.760 bits per heavy atom. The van der Waals surface area contributed by atoms with E-state index in [1.54, 1.807) is 0 Å². The molecule has 0 fully saturated rings. The second-order valence-electron chi connectivity index (χ2n) is 5.54. The number of phenolic OH excluding ortho intramolecular Hbond substituents is 1. The molecule has 0 aliphatic rings. The van der Waals surface area contributed by atoms with Gasteiger partial charge in [0.2, 0.25) is 0 Å². The highest BCUT2D eigenvalue weighted by Gasteiger charge is 2.02. The summed E-state index contributed by atoms with van der Waals surface area (Å²) in [7, 11) is 0. The summed E-state index contributed by atoms with van der Waals surface area (Å²) in [6.45, 7) is 3.32. The van der Waals surface area contributed by atoms with E-state index in [4.69, 9.17) is 4.74 Å². The predicted octanol–water partition coefficient (Wildman–Crippen LogP) is 6.63. The maximum atomic E-state index is 9.24. The third-order valence-corrected chi connectivity index (χ3v) is 4.59. The Kier molecular flexibility index (Phi) is 8.19. The molecule has 1 N–H and O–H groups in total. The van der Waals surface area contributed by atoms with Gasteiger partial charge in [0.1, 0.15) is 5.75 Å². The number of aromatic hydroxyl groups is 1. The molecule has 0 aromatic heterocycles. The lowest BCUT2D eigenvalue weighted by Crippen LogP contribution is -1.93. The van der Waals surface area contributed by atoms with Crippen molar-refractivity contribution in [2.45, 2.75) is 20.1 Å². The Hall–Kier alpha value is -1.62. The molecule has 0 aliphatic heterocycles. The van der Waals surface area contributed by atoms with Crippen molar-refractivity contribution < 1.29 is 9.84 Å². The van der Waals surface area contributed by atoms with Gasteiger partial charge in [0.05, 0.1) is 22.2 Å². The summed E-state index contributed by atoms with van der Waals surface area (Å²) in [5.41, 5.74) is 3.54. The Bertz CT molecular complexity index is 712. The molecular formula is C21H20Br2O2. The van der Waals surface area contributed by atoms with E-state index < -0.39 is 0 Å². The van der Waals surface area contributed by atoms with Crippen LogP contribution in [0, 0.1) is 6.92 Å². The second-order valence-corrected chi connectivity index (χ2v) is 7.25. The molecule has 130 valence electrons. The lowest BCUT2D eigenvalue weighted by atomic mass is 10.2. The van der Waals surface area contributed by atoms with Crippen molar-refractivity contribution in [1.29, 1.82) is 0 Å². The molecule has 0 bridgehead atoms. The van der Waals surface area contributed by atoms with Gasteiger partial charge in [-0.1, -0.05) is 60.7 Å². The number of hydrogen-bond donors (Lipinski definition) is 1. The Balaban J connectivity index is 0.000000196. The van der Waals surface area contributed by atoms with Gasteiger partial charge in [0, 0.05) is 0 Å². The summed E-state index contributed by atoms with van der Waals surface area (Å²) in [6, 6.07) is 24.2. The molecule has 0 heterocycles. The molecule has 0 saturated carbocycles. The molecule has 0 spiro atoms. The minimum absolute atomic E-state index is 0.255. The highest BCUT2D eigenvalue weighted by molar-refractivity contribution is 9.11. The molecule has 3 aromatic carbocycles. The summed E-state index contributed by atoms with van der Waals surface area (Å²) in [5.74, 6) is 0.255. The van der Waals surface area contributed by atoms with Crippen molar-refractivity contribution in [2.24, 2.45) is 0 Å². The quantitative estimate of drug-likeness (QED) is 0.470. The number of hydrogen-bond acceptors (Lipinski definition) is 2. The van der Waals surface area contributed by atoms with Crippen LogP contribution in [0.5, 0.6) is 5.75 Å². The Morgan fingerprint density at radius 3 is 1.56 bits per heavy atom. The molecule has 2 nitrogen and oxygen atoms in total. The maximum absolute atomic E-state index is 9.24. The fourth-order valence-electron chi connectivity index (χ4n) is 2.13. The van der Waals surface area contributed by atoms with Crippen molar-refractivity contribution in [3.05, 3.63) is 98.4 Å². The smallest absolute Gasteiger partial charge is 0.143 e. The van der Waals surface area contributed by atoms with Crippen molar-refractivity contribution in [3.63, 3.8) is 0 Å². The molecule has 3 aromatic rings. The van der Waals surface area contributed by atoms with Crippen LogP contribution >= 0.6 is 31.9 Å². The number of rotatable bonds is 4. The standard InChI is InChI=1S/C14H14O.C7H6Br2O/c1-3-7-13(8-4-1)11-15-12-14-9-5-2-6-10-14;1-4-2-5(8)7(10)6(9)3-4/h1-10H,11-12H2;2-3,10H,1H3. The third-order valence-electron chi connectivity index (χ3n) is 3.38. The first-order chi connectivity index (χ1) is 12.1. The van der Waals surface area contributed by atoms with Crippen LogP contribution in [0.25, 0.3) is 0 Å². The summed E-state index contributed by atoms with van der Waals surface area (Å²) in [4.78, 5) is 0. The van der Waals surface area contributed by atoms with E-state index >= 15 is 0 Å². The second kappa shape index (κ2) is 10.4. The fourth-order valence-corrected chi connectivity index (χ4v) is 3.54. The van der Waals surface area contributed by atoms with Gasteiger partial charge in [0.25, 0.3) is 0 Å². The summed E-state index contributed by atoms with van der Waals surface area (Å²) < 4.78 is 7.05. The first-order valence-corrected chi connectivity index (χ1v) is 9.45. The van der Waals surface area contributed by atoms with E-state index in [-0.39, 0.29) is 5.75 Å². The lowest BCUT2D eigenvalue weighted by Gasteiger charge is -2.03. The van der Waals surface area contributed by atoms with Gasteiger partial charge in [-0.05, 0) is 67.6 Å². The summed E-state index contributed by atoms with van der Waals surface area (Å²) in [6.07, 6.45) is 0. The van der Waals surface area contributed by atoms with E-state index in [1.807, 2.05) is 55.5 Å². The van der Waals surface area contributed by atoms with Gasteiger partial charge in [-0.3, -0.25) is 0 Å². The van der Waals surface area contributed by atoms with Crippen LogP contribution in [0.1, 0.15) is 16.7 Å². The van der Waals surface area contributed by atoms with Crippen LogP contribution in [-0.4, -0.2) is 5.11 Å². The summed E-state index contributed by atoms with van der Waals surface area (Å²) in [5, 5.41) is 9.24. The molecule has 4 heteroatoms. The van der Waals surface area contributed by atoms with Crippen molar-refractivity contribution in [2.75, 3.05) is 0 Å². The van der Waals surface area contributed by atoms with Crippen molar-refractivity contribution in [3.8, 4) is 5.75 Å². The van der Waals surface area contributed by atoms with Gasteiger partial charge < -0.3 is 9.84 Å². The van der Waals surface area contributed by atoms with Crippen LogP contribution in [0.3, 0.4) is 0 Å². The van der Waals surface area contributed by atoms with Crippen LogP contribution < -0.4 is 0 Å². The first kappa shape index (κ1) is 19.7. The number of ether oxygens (including phenoxy) is 1. The van der Waals surface area contributed by atoms with Gasteiger partial charge in [0.15, 0.2) is 0 Å². The number of halogens is 2. The van der Waals surface area contributed by atoms with Crippen LogP contribution in [-0.2, 0) is 18.0 Å². The molecule has 0 unspecified atom stereocenters. The van der Waals surface area contributed by atoms with Gasteiger partial charge in [-0.2, -0.15) is 0 Å². The minimum Gasteiger partial charge on any atom is -0.506 e. The van der Waals surface area contributed by atoms with Gasteiger partial charge in [-0.15, -0.1) is 0 Å². The van der Waals surface area contributed by atoms with Crippen LogP contribution in [0.2, 0.25) is 0 Å². The minimum atomic E-state index is 0.255. The zero-order chi connectivity index (χ0) is 18.1. The number of benzene rings is 3. The van der Waals surface area contributed by atoms with Crippen LogP contribution in [0.15, 0.2) is 81.7 Å². The first-order valence-electron chi connectivity index (χ1n) is 7.86. The Labute approximate surface area is 165 Å². The van der Waals surface area contributed by atoms with Crippen molar-refractivity contribution >= 4 is 31.9 Å². The monoisotopic (exact) mass is 462 g/mol. The Morgan fingerprint density at radius 2 is 1.16 bits per heavy atom. The molecule has 3 rings (SSSR count). The van der Waals surface area contributed by atoms with E-state index in [0.717, 1.165) is 14.5 Å². The maximum Gasteiger partial charge on any atom is 0.143 e. The fraction of sp³-hybridized carbons (Fsp3) is 0.143.